The fraction of sp³-hybridized carbons (Fsp3) is 0.562. The van der Waals surface area contributed by atoms with E-state index in [2.05, 4.69) is 0 Å². The van der Waals surface area contributed by atoms with E-state index in [4.69, 9.17) is 16.3 Å². The first-order chi connectivity index (χ1) is 10.2. The number of carbonyl (C=O) groups excluding carboxylic acids is 1. The molecule has 3 unspecified atom stereocenters. The maximum Gasteiger partial charge on any atom is 0.412 e. The molecule has 3 atom stereocenters. The molecule has 1 aromatic rings. The van der Waals surface area contributed by atoms with E-state index in [1.165, 1.54) is 29.2 Å². The summed E-state index contributed by atoms with van der Waals surface area (Å²) in [5, 5.41) is 10.3. The maximum atomic E-state index is 12.0. The Morgan fingerprint density at radius 2 is 1.95 bits per heavy atom. The highest BCUT2D eigenvalue weighted by Crippen LogP contribution is 2.48. The van der Waals surface area contributed by atoms with Gasteiger partial charge in [-0.2, -0.15) is 0 Å². The summed E-state index contributed by atoms with van der Waals surface area (Å²) >= 11 is 5.44. The minimum atomic E-state index is -0.616. The number of halogens is 2. The van der Waals surface area contributed by atoms with Crippen LogP contribution in [0.1, 0.15) is 27.2 Å². The van der Waals surface area contributed by atoms with Gasteiger partial charge in [0.25, 0.3) is 0 Å². The quantitative estimate of drug-likeness (QED) is 0.790. The fourth-order valence-electron chi connectivity index (χ4n) is 2.37. The predicted octanol–water partition coefficient (Wildman–Crippen LogP) is 3.67. The number of aliphatic hydroxyl groups excluding tert-OH is 1. The molecule has 1 amide bonds. The molecule has 1 saturated carbocycles. The second-order valence-corrected chi connectivity index (χ2v) is 7.08. The van der Waals surface area contributed by atoms with Gasteiger partial charge < -0.3 is 9.84 Å². The molecule has 3 rings (SSSR count). The number of rotatable bonds is 0. The number of aliphatic hydroxyl groups is 1. The molecule has 1 aliphatic heterocycles. The molecule has 2 fully saturated rings. The number of carbonyl (C=O) groups is 1. The highest BCUT2D eigenvalue weighted by molar-refractivity contribution is 6.30. The van der Waals surface area contributed by atoms with Gasteiger partial charge in [-0.3, -0.25) is 4.90 Å². The largest absolute Gasteiger partial charge is 0.444 e. The van der Waals surface area contributed by atoms with Crippen LogP contribution in [0.3, 0.4) is 0 Å². The van der Waals surface area contributed by atoms with Crippen molar-refractivity contribution >= 4 is 17.7 Å². The molecule has 0 aromatic heterocycles. The Morgan fingerprint density at radius 3 is 2.36 bits per heavy atom. The molecule has 1 heterocycles. The SMILES string of the molecule is CC(C)(C)OC(=O)N1CC2CC2C1O.Fc1ccc(Cl)cc1. The predicted molar refractivity (Wildman–Crippen MR) is 82.0 cm³/mol. The van der Waals surface area contributed by atoms with Gasteiger partial charge in [-0.15, -0.1) is 0 Å². The van der Waals surface area contributed by atoms with Gasteiger partial charge in [0.15, 0.2) is 0 Å². The van der Waals surface area contributed by atoms with Crippen LogP contribution < -0.4 is 0 Å². The third-order valence-electron chi connectivity index (χ3n) is 3.54. The lowest BCUT2D eigenvalue weighted by molar-refractivity contribution is -0.0233. The number of hydrogen-bond donors (Lipinski definition) is 1. The Labute approximate surface area is 134 Å². The van der Waals surface area contributed by atoms with E-state index in [-0.39, 0.29) is 5.82 Å². The number of benzene rings is 1. The summed E-state index contributed by atoms with van der Waals surface area (Å²) in [6.07, 6.45) is 0.0487. The average molecular weight is 330 g/mol. The molecule has 122 valence electrons. The number of nitrogens with zero attached hydrogens (tertiary/aromatic N) is 1. The number of fused-ring (bicyclic) bond motifs is 1. The standard InChI is InChI=1S/C10H17NO3.C6H4ClF/c1-10(2,3)14-9(13)11-5-6-4-7(6)8(11)12;7-5-1-3-6(8)4-2-5/h6-8,12H,4-5H2,1-3H3;1-4H. The van der Waals surface area contributed by atoms with Crippen molar-refractivity contribution in [3.05, 3.63) is 35.1 Å². The van der Waals surface area contributed by atoms with Crippen LogP contribution in [0.15, 0.2) is 24.3 Å². The summed E-state index contributed by atoms with van der Waals surface area (Å²) in [6.45, 7) is 6.14. The summed E-state index contributed by atoms with van der Waals surface area (Å²) in [5.74, 6) is 0.564. The monoisotopic (exact) mass is 329 g/mol. The van der Waals surface area contributed by atoms with Crippen LogP contribution in [0.5, 0.6) is 0 Å². The molecule has 1 aromatic carbocycles. The minimum Gasteiger partial charge on any atom is -0.444 e. The maximum absolute atomic E-state index is 12.0. The molecule has 1 saturated heterocycles. The van der Waals surface area contributed by atoms with Crippen molar-refractivity contribution in [2.24, 2.45) is 11.8 Å². The number of hydrogen-bond acceptors (Lipinski definition) is 3. The van der Waals surface area contributed by atoms with Crippen LogP contribution in [0.2, 0.25) is 5.02 Å². The summed E-state index contributed by atoms with van der Waals surface area (Å²) in [7, 11) is 0. The summed E-state index contributed by atoms with van der Waals surface area (Å²) in [4.78, 5) is 13.0. The summed E-state index contributed by atoms with van der Waals surface area (Å²) in [6, 6.07) is 5.67. The van der Waals surface area contributed by atoms with Gasteiger partial charge in [0.2, 0.25) is 0 Å². The molecule has 4 nitrogen and oxygen atoms in total. The average Bonchev–Trinajstić information content (AvgIpc) is 3.10. The van der Waals surface area contributed by atoms with Crippen molar-refractivity contribution in [2.75, 3.05) is 6.54 Å². The van der Waals surface area contributed by atoms with Gasteiger partial charge in [-0.1, -0.05) is 11.6 Å². The lowest BCUT2D eigenvalue weighted by Crippen LogP contribution is -2.41. The molecule has 6 heteroatoms. The molecule has 1 aliphatic carbocycles. The first kappa shape index (κ1) is 17.0. The number of ether oxygens (including phenoxy) is 1. The zero-order chi connectivity index (χ0) is 16.5. The Hall–Kier alpha value is -1.33. The van der Waals surface area contributed by atoms with Crippen LogP contribution in [0, 0.1) is 17.7 Å². The number of piperidine rings is 1. The third-order valence-corrected chi connectivity index (χ3v) is 3.79. The molecule has 2 aliphatic rings. The van der Waals surface area contributed by atoms with Gasteiger partial charge in [0.05, 0.1) is 0 Å². The Balaban J connectivity index is 0.000000188. The molecule has 0 radical (unpaired) electrons. The Morgan fingerprint density at radius 1 is 1.36 bits per heavy atom. The van der Waals surface area contributed by atoms with Crippen molar-refractivity contribution in [3.63, 3.8) is 0 Å². The van der Waals surface area contributed by atoms with Crippen LogP contribution in [-0.2, 0) is 4.74 Å². The molecule has 0 bridgehead atoms. The highest BCUT2D eigenvalue weighted by atomic mass is 35.5. The van der Waals surface area contributed by atoms with Gasteiger partial charge in [-0.05, 0) is 57.4 Å². The van der Waals surface area contributed by atoms with Crippen LogP contribution >= 0.6 is 11.6 Å². The highest BCUT2D eigenvalue weighted by Gasteiger charge is 2.54. The molecule has 22 heavy (non-hydrogen) atoms. The lowest BCUT2D eigenvalue weighted by Gasteiger charge is -2.27. The molecular weight excluding hydrogens is 309 g/mol. The van der Waals surface area contributed by atoms with E-state index < -0.39 is 17.9 Å². The van der Waals surface area contributed by atoms with Gasteiger partial charge >= 0.3 is 6.09 Å². The Bertz CT molecular complexity index is 508. The number of amides is 1. The van der Waals surface area contributed by atoms with Crippen molar-refractivity contribution in [3.8, 4) is 0 Å². The zero-order valence-electron chi connectivity index (χ0n) is 12.9. The second-order valence-electron chi connectivity index (χ2n) is 6.64. The normalized spacial score (nSPS) is 25.9. The first-order valence-electron chi connectivity index (χ1n) is 7.26. The fourth-order valence-corrected chi connectivity index (χ4v) is 2.50. The van der Waals surface area contributed by atoms with Crippen molar-refractivity contribution in [2.45, 2.75) is 39.0 Å². The molecular formula is C16H21ClFNO3. The lowest BCUT2D eigenvalue weighted by atomic mass is 10.2. The Kier molecular flexibility index (Phi) is 4.97. The van der Waals surface area contributed by atoms with E-state index in [9.17, 15) is 14.3 Å². The van der Waals surface area contributed by atoms with E-state index in [1.54, 1.807) is 0 Å². The van der Waals surface area contributed by atoms with E-state index >= 15 is 0 Å². The van der Waals surface area contributed by atoms with Crippen LogP contribution in [0.25, 0.3) is 0 Å². The third kappa shape index (κ3) is 4.58. The van der Waals surface area contributed by atoms with Crippen molar-refractivity contribution in [1.29, 1.82) is 0 Å². The number of likely N-dealkylation sites (tertiary alicyclic amines) is 1. The summed E-state index contributed by atoms with van der Waals surface area (Å²) < 4.78 is 17.2. The first-order valence-corrected chi connectivity index (χ1v) is 7.64. The van der Waals surface area contributed by atoms with E-state index in [0.717, 1.165) is 6.42 Å². The summed E-state index contributed by atoms with van der Waals surface area (Å²) in [5.41, 5.74) is -0.483. The van der Waals surface area contributed by atoms with Crippen LogP contribution in [-0.4, -0.2) is 34.5 Å². The van der Waals surface area contributed by atoms with Crippen LogP contribution in [0.4, 0.5) is 9.18 Å². The zero-order valence-corrected chi connectivity index (χ0v) is 13.7. The second kappa shape index (κ2) is 6.42. The topological polar surface area (TPSA) is 49.8 Å². The molecule has 0 spiro atoms. The minimum absolute atomic E-state index is 0.255. The van der Waals surface area contributed by atoms with E-state index in [0.29, 0.717) is 23.4 Å². The molecule has 1 N–H and O–H groups in total. The van der Waals surface area contributed by atoms with Gasteiger partial charge in [-0.25, -0.2) is 9.18 Å². The van der Waals surface area contributed by atoms with Crippen molar-refractivity contribution in [1.82, 2.24) is 4.90 Å². The smallest absolute Gasteiger partial charge is 0.412 e. The van der Waals surface area contributed by atoms with Gasteiger partial charge in [0, 0.05) is 17.5 Å². The van der Waals surface area contributed by atoms with E-state index in [1.807, 2.05) is 20.8 Å². The van der Waals surface area contributed by atoms with Crippen molar-refractivity contribution < 1.29 is 19.0 Å². The van der Waals surface area contributed by atoms with Gasteiger partial charge in [0.1, 0.15) is 17.6 Å².